The number of aromatic nitrogens is 4. The molecule has 106 valence electrons. The molecule has 2 aromatic heterocycles. The molecule has 2 N–H and O–H groups in total. The van der Waals surface area contributed by atoms with Crippen molar-refractivity contribution in [2.75, 3.05) is 11.9 Å². The van der Waals surface area contributed by atoms with Gasteiger partial charge in [0, 0.05) is 6.54 Å². The summed E-state index contributed by atoms with van der Waals surface area (Å²) in [6.45, 7) is 4.32. The maximum absolute atomic E-state index is 12.3. The molecule has 8 heteroatoms. The number of rotatable bonds is 2. The first kappa shape index (κ1) is 12.6. The average molecular weight is 276 g/mol. The number of urea groups is 1. The molecule has 1 fully saturated rings. The minimum atomic E-state index is -0.231. The van der Waals surface area contributed by atoms with Crippen molar-refractivity contribution in [2.45, 2.75) is 32.7 Å². The monoisotopic (exact) mass is 276 g/mol. The Morgan fingerprint density at radius 2 is 2.40 bits per heavy atom. The van der Waals surface area contributed by atoms with Crippen molar-refractivity contribution in [3.8, 4) is 0 Å². The van der Waals surface area contributed by atoms with Gasteiger partial charge in [-0.3, -0.25) is 10.4 Å². The lowest BCUT2D eigenvalue weighted by atomic mass is 10.2. The molecule has 3 rings (SSSR count). The molecule has 3 heterocycles. The van der Waals surface area contributed by atoms with E-state index in [2.05, 4.69) is 25.5 Å². The van der Waals surface area contributed by atoms with E-state index in [0.29, 0.717) is 18.1 Å². The number of anilines is 1. The van der Waals surface area contributed by atoms with Gasteiger partial charge in [-0.25, -0.2) is 9.78 Å². The molecule has 0 spiro atoms. The molecule has 2 amide bonds. The van der Waals surface area contributed by atoms with E-state index in [1.807, 2.05) is 13.8 Å². The maximum atomic E-state index is 12.3. The van der Waals surface area contributed by atoms with Gasteiger partial charge in [-0.15, -0.1) is 0 Å². The molecular weight excluding hydrogens is 260 g/mol. The molecule has 0 aliphatic carbocycles. The summed E-state index contributed by atoms with van der Waals surface area (Å²) >= 11 is 0. The predicted octanol–water partition coefficient (Wildman–Crippen LogP) is 1.78. The molecule has 20 heavy (non-hydrogen) atoms. The molecule has 0 unspecified atom stereocenters. The van der Waals surface area contributed by atoms with Gasteiger partial charge in [-0.1, -0.05) is 0 Å². The Kier molecular flexibility index (Phi) is 3.13. The van der Waals surface area contributed by atoms with Crippen LogP contribution in [-0.4, -0.2) is 37.6 Å². The first-order valence-corrected chi connectivity index (χ1v) is 6.52. The van der Waals surface area contributed by atoms with E-state index in [9.17, 15) is 4.79 Å². The van der Waals surface area contributed by atoms with Gasteiger partial charge < -0.3 is 9.32 Å². The molecule has 0 aromatic carbocycles. The van der Waals surface area contributed by atoms with Gasteiger partial charge in [-0.2, -0.15) is 10.1 Å². The van der Waals surface area contributed by atoms with E-state index in [-0.39, 0.29) is 18.1 Å². The van der Waals surface area contributed by atoms with Crippen LogP contribution in [0.5, 0.6) is 0 Å². The lowest BCUT2D eigenvalue weighted by Gasteiger charge is -2.22. The second kappa shape index (κ2) is 4.95. The average Bonchev–Trinajstić information content (AvgIpc) is 3.11. The van der Waals surface area contributed by atoms with Crippen LogP contribution in [0.15, 0.2) is 10.7 Å². The van der Waals surface area contributed by atoms with Gasteiger partial charge in [0.15, 0.2) is 0 Å². The predicted molar refractivity (Wildman–Crippen MR) is 70.1 cm³/mol. The van der Waals surface area contributed by atoms with Crippen LogP contribution in [0, 0.1) is 13.8 Å². The third-order valence-electron chi connectivity index (χ3n) is 3.51. The Morgan fingerprint density at radius 3 is 3.05 bits per heavy atom. The highest BCUT2D eigenvalue weighted by Crippen LogP contribution is 2.30. The Bertz CT molecular complexity index is 586. The van der Waals surface area contributed by atoms with Crippen LogP contribution in [0.25, 0.3) is 0 Å². The standard InChI is InChI=1S/C12H16N6O2/c1-7-8(2)20-11(15-7)16-12(19)18-5-3-4-9(18)10-13-6-14-17-10/h6,9H,3-5H2,1-2H3,(H,13,14,17)(H,15,16,19)/t9-/m1/s1. The van der Waals surface area contributed by atoms with Crippen molar-refractivity contribution >= 4 is 12.0 Å². The van der Waals surface area contributed by atoms with Crippen molar-refractivity contribution in [3.63, 3.8) is 0 Å². The zero-order valence-electron chi connectivity index (χ0n) is 11.4. The molecule has 0 radical (unpaired) electrons. The summed E-state index contributed by atoms with van der Waals surface area (Å²) < 4.78 is 5.36. The SMILES string of the molecule is Cc1nc(NC(=O)N2CCC[C@@H]2c2ncn[nH]2)oc1C. The van der Waals surface area contributed by atoms with Gasteiger partial charge in [0.1, 0.15) is 17.9 Å². The number of H-pyrrole nitrogens is 1. The first-order valence-electron chi connectivity index (χ1n) is 6.52. The maximum Gasteiger partial charge on any atom is 0.326 e. The van der Waals surface area contributed by atoms with Gasteiger partial charge >= 0.3 is 12.0 Å². The van der Waals surface area contributed by atoms with Crippen LogP contribution < -0.4 is 5.32 Å². The van der Waals surface area contributed by atoms with Crippen LogP contribution in [0.4, 0.5) is 10.8 Å². The van der Waals surface area contributed by atoms with E-state index < -0.39 is 0 Å². The van der Waals surface area contributed by atoms with Gasteiger partial charge in [-0.05, 0) is 26.7 Å². The number of amides is 2. The highest BCUT2D eigenvalue weighted by atomic mass is 16.4. The number of aromatic amines is 1. The number of hydrogen-bond acceptors (Lipinski definition) is 5. The van der Waals surface area contributed by atoms with E-state index in [1.165, 1.54) is 6.33 Å². The van der Waals surface area contributed by atoms with E-state index in [4.69, 9.17) is 4.42 Å². The minimum Gasteiger partial charge on any atom is -0.428 e. The lowest BCUT2D eigenvalue weighted by molar-refractivity contribution is 0.204. The number of nitrogens with zero attached hydrogens (tertiary/aromatic N) is 4. The van der Waals surface area contributed by atoms with E-state index >= 15 is 0 Å². The summed E-state index contributed by atoms with van der Waals surface area (Å²) in [5.74, 6) is 1.41. The Labute approximate surface area is 115 Å². The summed E-state index contributed by atoms with van der Waals surface area (Å²) in [6.07, 6.45) is 3.25. The van der Waals surface area contributed by atoms with Crippen LogP contribution >= 0.6 is 0 Å². The first-order chi connectivity index (χ1) is 9.65. The van der Waals surface area contributed by atoms with Crippen molar-refractivity contribution in [1.82, 2.24) is 25.1 Å². The molecule has 1 atom stereocenters. The second-order valence-electron chi connectivity index (χ2n) is 4.81. The topological polar surface area (TPSA) is 99.9 Å². The molecular formula is C12H16N6O2. The van der Waals surface area contributed by atoms with Gasteiger partial charge in [0.2, 0.25) is 0 Å². The van der Waals surface area contributed by atoms with Crippen LogP contribution in [0.2, 0.25) is 0 Å². The summed E-state index contributed by atoms with van der Waals surface area (Å²) in [7, 11) is 0. The Hall–Kier alpha value is -2.38. The van der Waals surface area contributed by atoms with Gasteiger partial charge in [0.25, 0.3) is 0 Å². The lowest BCUT2D eigenvalue weighted by Crippen LogP contribution is -2.35. The van der Waals surface area contributed by atoms with Crippen molar-refractivity contribution < 1.29 is 9.21 Å². The molecule has 8 nitrogen and oxygen atoms in total. The third-order valence-corrected chi connectivity index (χ3v) is 3.51. The summed E-state index contributed by atoms with van der Waals surface area (Å²) in [6, 6.07) is -0.0759. The van der Waals surface area contributed by atoms with Crippen molar-refractivity contribution in [3.05, 3.63) is 23.6 Å². The van der Waals surface area contributed by atoms with E-state index in [1.54, 1.807) is 4.90 Å². The highest BCUT2D eigenvalue weighted by molar-refractivity contribution is 5.87. The third kappa shape index (κ3) is 2.24. The van der Waals surface area contributed by atoms with Crippen LogP contribution in [-0.2, 0) is 0 Å². The fourth-order valence-electron chi connectivity index (χ4n) is 2.36. The van der Waals surface area contributed by atoms with Gasteiger partial charge in [0.05, 0.1) is 11.7 Å². The fourth-order valence-corrected chi connectivity index (χ4v) is 2.36. The number of nitrogens with one attached hydrogen (secondary N) is 2. The fraction of sp³-hybridized carbons (Fsp3) is 0.500. The Balaban J connectivity index is 1.73. The number of carbonyl (C=O) groups excluding carboxylic acids is 1. The van der Waals surface area contributed by atoms with Crippen molar-refractivity contribution in [1.29, 1.82) is 0 Å². The number of likely N-dealkylation sites (tertiary alicyclic amines) is 1. The molecule has 0 bridgehead atoms. The number of carbonyl (C=O) groups is 1. The summed E-state index contributed by atoms with van der Waals surface area (Å²) in [4.78, 5) is 22.3. The number of aryl methyl sites for hydroxylation is 2. The van der Waals surface area contributed by atoms with Crippen molar-refractivity contribution in [2.24, 2.45) is 0 Å². The summed E-state index contributed by atoms with van der Waals surface area (Å²) in [5, 5.41) is 9.34. The molecule has 1 saturated heterocycles. The molecule has 2 aromatic rings. The summed E-state index contributed by atoms with van der Waals surface area (Å²) in [5.41, 5.74) is 0.772. The number of hydrogen-bond donors (Lipinski definition) is 2. The normalized spacial score (nSPS) is 18.5. The molecule has 0 saturated carbocycles. The smallest absolute Gasteiger partial charge is 0.326 e. The Morgan fingerprint density at radius 1 is 1.55 bits per heavy atom. The largest absolute Gasteiger partial charge is 0.428 e. The second-order valence-corrected chi connectivity index (χ2v) is 4.81. The minimum absolute atomic E-state index is 0.0744. The number of oxazole rings is 1. The quantitative estimate of drug-likeness (QED) is 0.870. The highest BCUT2D eigenvalue weighted by Gasteiger charge is 2.32. The molecule has 1 aliphatic rings. The zero-order valence-corrected chi connectivity index (χ0v) is 11.4. The van der Waals surface area contributed by atoms with E-state index in [0.717, 1.165) is 18.5 Å². The van der Waals surface area contributed by atoms with Crippen LogP contribution in [0.3, 0.4) is 0 Å². The van der Waals surface area contributed by atoms with Crippen LogP contribution in [0.1, 0.15) is 36.2 Å². The molecule has 1 aliphatic heterocycles. The zero-order chi connectivity index (χ0) is 14.1.